The molecule has 2 heterocycles. The third-order valence-corrected chi connectivity index (χ3v) is 6.10. The molecule has 0 radical (unpaired) electrons. The Morgan fingerprint density at radius 2 is 2.09 bits per heavy atom. The molecule has 2 aliphatic rings. The molecule has 1 saturated heterocycles. The fourth-order valence-corrected chi connectivity index (χ4v) is 4.44. The Labute approximate surface area is 202 Å². The summed E-state index contributed by atoms with van der Waals surface area (Å²) in [6.07, 6.45) is 6.66. The molecule has 9 nitrogen and oxygen atoms in total. The van der Waals surface area contributed by atoms with Gasteiger partial charge in [-0.2, -0.15) is 5.26 Å². The molecule has 1 saturated carbocycles. The fourth-order valence-electron chi connectivity index (χ4n) is 4.44. The number of carbonyl (C=O) groups excluding carboxylic acids is 1. The molecule has 0 spiro atoms. The second kappa shape index (κ2) is 10.9. The van der Waals surface area contributed by atoms with E-state index in [4.69, 9.17) is 19.9 Å². The van der Waals surface area contributed by atoms with Gasteiger partial charge in [0.15, 0.2) is 0 Å². The Balaban J connectivity index is 1.97. The Hall–Kier alpha value is -3.12. The summed E-state index contributed by atoms with van der Waals surface area (Å²) in [7, 11) is 0. The molecule has 3 rings (SSSR count). The number of aromatic nitrogens is 1. The van der Waals surface area contributed by atoms with Gasteiger partial charge >= 0.3 is 6.09 Å². The lowest BCUT2D eigenvalue weighted by Gasteiger charge is -2.36. The van der Waals surface area contributed by atoms with Crippen LogP contribution >= 0.6 is 0 Å². The molecule has 34 heavy (non-hydrogen) atoms. The molecule has 1 amide bonds. The number of amides is 1. The predicted molar refractivity (Wildman–Crippen MR) is 132 cm³/mol. The summed E-state index contributed by atoms with van der Waals surface area (Å²) in [6, 6.07) is 6.66. The van der Waals surface area contributed by atoms with E-state index in [2.05, 4.69) is 28.5 Å². The number of hydrogen-bond acceptors (Lipinski definition) is 8. The quantitative estimate of drug-likeness (QED) is 0.527. The molecule has 1 aliphatic carbocycles. The van der Waals surface area contributed by atoms with Gasteiger partial charge in [0.1, 0.15) is 23.1 Å². The van der Waals surface area contributed by atoms with Crippen LogP contribution in [0.1, 0.15) is 65.4 Å². The number of anilines is 2. The van der Waals surface area contributed by atoms with Crippen molar-refractivity contribution >= 4 is 23.9 Å². The first kappa shape index (κ1) is 25.5. The monoisotopic (exact) mass is 468 g/mol. The van der Waals surface area contributed by atoms with Crippen LogP contribution in [-0.2, 0) is 14.9 Å². The summed E-state index contributed by atoms with van der Waals surface area (Å²) in [5, 5.41) is 23.5. The van der Waals surface area contributed by atoms with Gasteiger partial charge in [-0.05, 0) is 64.3 Å². The zero-order valence-corrected chi connectivity index (χ0v) is 20.6. The minimum Gasteiger partial charge on any atom is -0.444 e. The van der Waals surface area contributed by atoms with Crippen molar-refractivity contribution in [3.05, 3.63) is 29.6 Å². The van der Waals surface area contributed by atoms with Gasteiger partial charge in [0.05, 0.1) is 30.7 Å². The van der Waals surface area contributed by atoms with E-state index in [9.17, 15) is 10.1 Å². The van der Waals surface area contributed by atoms with E-state index in [0.29, 0.717) is 25.6 Å². The molecule has 0 bridgehead atoms. The summed E-state index contributed by atoms with van der Waals surface area (Å²) < 4.78 is 10.9. The van der Waals surface area contributed by atoms with E-state index in [1.54, 1.807) is 20.8 Å². The molecule has 2 fully saturated rings. The Morgan fingerprint density at radius 3 is 2.71 bits per heavy atom. The smallest absolute Gasteiger partial charge is 0.413 e. The minimum absolute atomic E-state index is 0.144. The number of hydrogen-bond donors (Lipinski definition) is 3. The van der Waals surface area contributed by atoms with E-state index in [1.807, 2.05) is 12.1 Å². The van der Waals surface area contributed by atoms with Crippen LogP contribution in [0.5, 0.6) is 0 Å². The number of morpholine rings is 1. The topological polar surface area (TPSA) is 123 Å². The normalized spacial score (nSPS) is 20.7. The molecule has 1 aromatic heterocycles. The highest BCUT2D eigenvalue weighted by Crippen LogP contribution is 2.41. The van der Waals surface area contributed by atoms with Crippen molar-refractivity contribution in [3.63, 3.8) is 0 Å². The number of nitrogens with zero attached hydrogens (tertiary/aromatic N) is 3. The van der Waals surface area contributed by atoms with E-state index < -0.39 is 17.1 Å². The number of allylic oxidation sites excluding steroid dienone is 1. The lowest BCUT2D eigenvalue weighted by molar-refractivity contribution is 0.0547. The van der Waals surface area contributed by atoms with Gasteiger partial charge in [-0.15, -0.1) is 0 Å². The van der Waals surface area contributed by atoms with E-state index >= 15 is 0 Å². The maximum atomic E-state index is 12.3. The highest BCUT2D eigenvalue weighted by molar-refractivity contribution is 5.76. The first-order valence-corrected chi connectivity index (χ1v) is 11.9. The van der Waals surface area contributed by atoms with Crippen molar-refractivity contribution in [2.45, 2.75) is 76.9 Å². The number of pyridine rings is 1. The van der Waals surface area contributed by atoms with Crippen molar-refractivity contribution in [3.8, 4) is 6.07 Å². The number of ether oxygens (including phenoxy) is 2. The Kier molecular flexibility index (Phi) is 8.15. The zero-order chi connectivity index (χ0) is 24.8. The molecular weight excluding hydrogens is 432 g/mol. The summed E-state index contributed by atoms with van der Waals surface area (Å²) in [6.45, 7) is 9.37. The van der Waals surface area contributed by atoms with Crippen LogP contribution in [0.4, 0.5) is 16.4 Å². The van der Waals surface area contributed by atoms with E-state index in [1.165, 1.54) is 6.08 Å². The molecule has 184 valence electrons. The van der Waals surface area contributed by atoms with Gasteiger partial charge in [0.2, 0.25) is 0 Å². The Morgan fingerprint density at radius 1 is 1.35 bits per heavy atom. The summed E-state index contributed by atoms with van der Waals surface area (Å²) >= 11 is 0. The highest BCUT2D eigenvalue weighted by Gasteiger charge is 2.35. The van der Waals surface area contributed by atoms with Crippen LogP contribution in [0.3, 0.4) is 0 Å². The van der Waals surface area contributed by atoms with Crippen LogP contribution in [0, 0.1) is 16.7 Å². The van der Waals surface area contributed by atoms with Gasteiger partial charge in [-0.1, -0.05) is 19.3 Å². The lowest BCUT2D eigenvalue weighted by atomic mass is 9.70. The van der Waals surface area contributed by atoms with Gasteiger partial charge in [0, 0.05) is 12.8 Å². The SMILES string of the molecule is CC1COCCN1c1cc(C2(C#N)CCCCC2)cc(N/C(=C/C=N)NC(=O)OC(C)(C)C)n1. The number of alkyl carbamates (subject to hydrolysis) is 1. The zero-order valence-electron chi connectivity index (χ0n) is 20.6. The number of nitriles is 1. The lowest BCUT2D eigenvalue weighted by Crippen LogP contribution is -2.44. The van der Waals surface area contributed by atoms with Crippen LogP contribution in [-0.4, -0.2) is 48.7 Å². The highest BCUT2D eigenvalue weighted by atomic mass is 16.6. The summed E-state index contributed by atoms with van der Waals surface area (Å²) in [5.74, 6) is 1.53. The average molecular weight is 469 g/mol. The third kappa shape index (κ3) is 6.48. The number of carbonyl (C=O) groups is 1. The summed E-state index contributed by atoms with van der Waals surface area (Å²) in [5.41, 5.74) is -0.295. The fraction of sp³-hybridized carbons (Fsp3) is 0.600. The van der Waals surface area contributed by atoms with Crippen molar-refractivity contribution in [2.75, 3.05) is 30.0 Å². The molecular formula is C25H36N6O3. The molecule has 1 aliphatic heterocycles. The molecule has 3 N–H and O–H groups in total. The van der Waals surface area contributed by atoms with Crippen molar-refractivity contribution in [1.82, 2.24) is 10.3 Å². The van der Waals surface area contributed by atoms with Gasteiger partial charge in [0.25, 0.3) is 0 Å². The third-order valence-electron chi connectivity index (χ3n) is 6.10. The Bertz CT molecular complexity index is 956. The maximum absolute atomic E-state index is 12.3. The number of rotatable bonds is 6. The van der Waals surface area contributed by atoms with E-state index in [-0.39, 0.29) is 11.9 Å². The van der Waals surface area contributed by atoms with Crippen molar-refractivity contribution in [2.24, 2.45) is 0 Å². The number of nitrogens with one attached hydrogen (secondary N) is 3. The predicted octanol–water partition coefficient (Wildman–Crippen LogP) is 4.46. The second-order valence-electron chi connectivity index (χ2n) is 9.97. The van der Waals surface area contributed by atoms with Crippen LogP contribution in [0.15, 0.2) is 24.0 Å². The summed E-state index contributed by atoms with van der Waals surface area (Å²) in [4.78, 5) is 19.3. The molecule has 9 heteroatoms. The second-order valence-corrected chi connectivity index (χ2v) is 9.97. The average Bonchev–Trinajstić information content (AvgIpc) is 2.78. The van der Waals surface area contributed by atoms with Gasteiger partial charge in [-0.25, -0.2) is 9.78 Å². The van der Waals surface area contributed by atoms with Crippen molar-refractivity contribution < 1.29 is 14.3 Å². The minimum atomic E-state index is -0.655. The standard InChI is InChI=1S/C25H36N6O3/c1-18-16-33-13-12-31(18)22-15-19(25(17-27)9-6-5-7-10-25)14-21(29-22)28-20(8-11-26)30-23(32)34-24(2,3)4/h8,11,14-15,18,26H,5-7,9-10,12-13,16H2,1-4H3,(H,28,29)(H,30,32)/b20-8-,26-11?. The van der Waals surface area contributed by atoms with E-state index in [0.717, 1.165) is 49.7 Å². The largest absolute Gasteiger partial charge is 0.444 e. The van der Waals surface area contributed by atoms with Crippen LogP contribution < -0.4 is 15.5 Å². The van der Waals surface area contributed by atoms with Gasteiger partial charge in [-0.3, -0.25) is 5.32 Å². The van der Waals surface area contributed by atoms with Crippen LogP contribution in [0.25, 0.3) is 0 Å². The molecule has 0 aromatic carbocycles. The first-order valence-electron chi connectivity index (χ1n) is 11.9. The maximum Gasteiger partial charge on any atom is 0.413 e. The molecule has 1 unspecified atom stereocenters. The van der Waals surface area contributed by atoms with Crippen molar-refractivity contribution in [1.29, 1.82) is 10.7 Å². The first-order chi connectivity index (χ1) is 16.2. The molecule has 1 aromatic rings. The van der Waals surface area contributed by atoms with Crippen LogP contribution in [0.2, 0.25) is 0 Å². The van der Waals surface area contributed by atoms with Gasteiger partial charge < -0.3 is 25.1 Å². The molecule has 1 atom stereocenters.